The summed E-state index contributed by atoms with van der Waals surface area (Å²) in [6.07, 6.45) is 0.0406. The first-order chi connectivity index (χ1) is 8.93. The van der Waals surface area contributed by atoms with E-state index in [9.17, 15) is 14.7 Å². The number of hydrogen-bond acceptors (Lipinski definition) is 7. The highest BCUT2D eigenvalue weighted by Gasteiger charge is 2.16. The van der Waals surface area contributed by atoms with Gasteiger partial charge in [-0.05, 0) is 13.8 Å². The zero-order valence-electron chi connectivity index (χ0n) is 10.5. The number of amides is 2. The molecule has 1 aromatic heterocycles. The zero-order chi connectivity index (χ0) is 14.4. The van der Waals surface area contributed by atoms with E-state index < -0.39 is 17.7 Å². The van der Waals surface area contributed by atoms with Crippen molar-refractivity contribution in [3.63, 3.8) is 0 Å². The van der Waals surface area contributed by atoms with Crippen molar-refractivity contribution in [1.82, 2.24) is 10.3 Å². The lowest BCUT2D eigenvalue weighted by atomic mass is 10.4. The number of pyridine rings is 1. The van der Waals surface area contributed by atoms with Crippen molar-refractivity contribution in [3.05, 3.63) is 12.3 Å². The fourth-order valence-electron chi connectivity index (χ4n) is 1.12. The van der Waals surface area contributed by atoms with Gasteiger partial charge in [0.15, 0.2) is 5.75 Å². The average Bonchev–Trinajstić information content (AvgIpc) is 2.33. The molecule has 4 N–H and O–H groups in total. The SMILES string of the molecule is CC(C)Oc1ccnc(OC(=O)NC(=O)CN)c1O. The van der Waals surface area contributed by atoms with E-state index in [1.54, 1.807) is 13.8 Å². The molecule has 0 atom stereocenters. The third-order valence-corrected chi connectivity index (χ3v) is 1.83. The quantitative estimate of drug-likeness (QED) is 0.710. The molecule has 0 unspecified atom stereocenters. The van der Waals surface area contributed by atoms with Gasteiger partial charge in [-0.2, -0.15) is 0 Å². The van der Waals surface area contributed by atoms with Crippen molar-refractivity contribution >= 4 is 12.0 Å². The van der Waals surface area contributed by atoms with E-state index in [0.29, 0.717) is 0 Å². The lowest BCUT2D eigenvalue weighted by molar-refractivity contribution is -0.118. The Morgan fingerprint density at radius 1 is 1.53 bits per heavy atom. The minimum atomic E-state index is -1.08. The van der Waals surface area contributed by atoms with Gasteiger partial charge in [0.2, 0.25) is 11.7 Å². The fourth-order valence-corrected chi connectivity index (χ4v) is 1.12. The molecule has 0 aliphatic heterocycles. The van der Waals surface area contributed by atoms with Crippen LogP contribution >= 0.6 is 0 Å². The maximum absolute atomic E-state index is 11.3. The van der Waals surface area contributed by atoms with Gasteiger partial charge in [0.05, 0.1) is 12.6 Å². The van der Waals surface area contributed by atoms with Crippen LogP contribution in [0.1, 0.15) is 13.8 Å². The van der Waals surface area contributed by atoms with E-state index >= 15 is 0 Å². The Kier molecular flexibility index (Phi) is 5.07. The highest BCUT2D eigenvalue weighted by Crippen LogP contribution is 2.34. The van der Waals surface area contributed by atoms with Gasteiger partial charge in [-0.1, -0.05) is 0 Å². The van der Waals surface area contributed by atoms with Gasteiger partial charge in [0.25, 0.3) is 5.88 Å². The summed E-state index contributed by atoms with van der Waals surface area (Å²) in [7, 11) is 0. The van der Waals surface area contributed by atoms with Gasteiger partial charge >= 0.3 is 6.09 Å². The lowest BCUT2D eigenvalue weighted by Crippen LogP contribution is -2.37. The fraction of sp³-hybridized carbons (Fsp3) is 0.364. The predicted octanol–water partition coefficient (Wildman–Crippen LogP) is 0.148. The van der Waals surface area contributed by atoms with Crippen molar-refractivity contribution < 1.29 is 24.2 Å². The second kappa shape index (κ2) is 6.55. The minimum Gasteiger partial charge on any atom is -0.501 e. The second-order valence-electron chi connectivity index (χ2n) is 3.77. The maximum Gasteiger partial charge on any atom is 0.420 e. The topological polar surface area (TPSA) is 124 Å². The largest absolute Gasteiger partial charge is 0.501 e. The van der Waals surface area contributed by atoms with E-state index in [1.807, 2.05) is 5.32 Å². The Bertz CT molecular complexity index is 475. The Hall–Kier alpha value is -2.35. The molecular weight excluding hydrogens is 254 g/mol. The van der Waals surface area contributed by atoms with Crippen molar-refractivity contribution in [1.29, 1.82) is 0 Å². The van der Waals surface area contributed by atoms with Gasteiger partial charge in [-0.15, -0.1) is 0 Å². The number of carbonyl (C=O) groups is 2. The molecule has 0 fully saturated rings. The lowest BCUT2D eigenvalue weighted by Gasteiger charge is -2.12. The highest BCUT2D eigenvalue weighted by molar-refractivity contribution is 5.93. The van der Waals surface area contributed by atoms with E-state index in [4.69, 9.17) is 10.5 Å². The molecule has 0 aliphatic carbocycles. The predicted molar refractivity (Wildman–Crippen MR) is 64.9 cm³/mol. The van der Waals surface area contributed by atoms with Gasteiger partial charge < -0.3 is 20.3 Å². The number of nitrogens with two attached hydrogens (primary N) is 1. The molecule has 0 radical (unpaired) electrons. The summed E-state index contributed by atoms with van der Waals surface area (Å²) in [5.74, 6) is -1.37. The number of ether oxygens (including phenoxy) is 2. The second-order valence-corrected chi connectivity index (χ2v) is 3.77. The number of aromatic nitrogens is 1. The molecular formula is C11H15N3O5. The minimum absolute atomic E-state index is 0.123. The Morgan fingerprint density at radius 2 is 2.21 bits per heavy atom. The zero-order valence-corrected chi connectivity index (χ0v) is 10.5. The molecule has 0 bridgehead atoms. The van der Waals surface area contributed by atoms with Crippen LogP contribution < -0.4 is 20.5 Å². The molecule has 0 spiro atoms. The summed E-state index contributed by atoms with van der Waals surface area (Å²) in [6.45, 7) is 3.19. The van der Waals surface area contributed by atoms with E-state index in [2.05, 4.69) is 9.72 Å². The van der Waals surface area contributed by atoms with E-state index in [-0.39, 0.29) is 24.3 Å². The smallest absolute Gasteiger partial charge is 0.420 e. The van der Waals surface area contributed by atoms with Crippen molar-refractivity contribution in [2.45, 2.75) is 20.0 Å². The molecule has 0 saturated carbocycles. The number of nitrogens with zero attached hydrogens (tertiary/aromatic N) is 1. The Labute approximate surface area is 109 Å². The molecule has 1 rings (SSSR count). The first kappa shape index (κ1) is 14.7. The number of hydrogen-bond donors (Lipinski definition) is 3. The Balaban J connectivity index is 2.78. The van der Waals surface area contributed by atoms with Crippen LogP contribution in [0.15, 0.2) is 12.3 Å². The molecule has 19 heavy (non-hydrogen) atoms. The van der Waals surface area contributed by atoms with Crippen molar-refractivity contribution in [2.75, 3.05) is 6.54 Å². The summed E-state index contributed by atoms with van der Waals surface area (Å²) in [5.41, 5.74) is 5.02. The van der Waals surface area contributed by atoms with Crippen LogP contribution in [-0.4, -0.2) is 34.7 Å². The third kappa shape index (κ3) is 4.43. The summed E-state index contributed by atoms with van der Waals surface area (Å²) >= 11 is 0. The Morgan fingerprint density at radius 3 is 2.79 bits per heavy atom. The van der Waals surface area contributed by atoms with Crippen LogP contribution in [0.25, 0.3) is 0 Å². The summed E-state index contributed by atoms with van der Waals surface area (Å²) < 4.78 is 9.95. The van der Waals surface area contributed by atoms with Crippen LogP contribution in [0.2, 0.25) is 0 Å². The summed E-state index contributed by atoms with van der Waals surface area (Å²) in [5, 5.41) is 11.6. The van der Waals surface area contributed by atoms with Crippen LogP contribution in [0, 0.1) is 0 Å². The number of imide groups is 1. The van der Waals surface area contributed by atoms with Crippen LogP contribution in [0.5, 0.6) is 17.4 Å². The van der Waals surface area contributed by atoms with Gasteiger partial charge in [-0.3, -0.25) is 10.1 Å². The van der Waals surface area contributed by atoms with Crippen LogP contribution in [-0.2, 0) is 4.79 Å². The molecule has 0 aromatic carbocycles. The molecule has 0 aliphatic rings. The van der Waals surface area contributed by atoms with Gasteiger partial charge in [0.1, 0.15) is 0 Å². The van der Waals surface area contributed by atoms with E-state index in [1.165, 1.54) is 12.3 Å². The third-order valence-electron chi connectivity index (χ3n) is 1.83. The van der Waals surface area contributed by atoms with Crippen molar-refractivity contribution in [2.24, 2.45) is 5.73 Å². The monoisotopic (exact) mass is 269 g/mol. The first-order valence-electron chi connectivity index (χ1n) is 5.50. The molecule has 1 heterocycles. The van der Waals surface area contributed by atoms with Crippen LogP contribution in [0.4, 0.5) is 4.79 Å². The number of nitrogens with one attached hydrogen (secondary N) is 1. The van der Waals surface area contributed by atoms with Crippen molar-refractivity contribution in [3.8, 4) is 17.4 Å². The van der Waals surface area contributed by atoms with Gasteiger partial charge in [-0.25, -0.2) is 9.78 Å². The molecule has 1 aromatic rings. The van der Waals surface area contributed by atoms with Crippen LogP contribution in [0.3, 0.4) is 0 Å². The number of rotatable bonds is 4. The molecule has 104 valence electrons. The van der Waals surface area contributed by atoms with Gasteiger partial charge in [0, 0.05) is 12.3 Å². The molecule has 2 amide bonds. The highest BCUT2D eigenvalue weighted by atomic mass is 16.6. The molecule has 8 nitrogen and oxygen atoms in total. The number of carbonyl (C=O) groups excluding carboxylic acids is 2. The molecule has 0 saturated heterocycles. The van der Waals surface area contributed by atoms with E-state index in [0.717, 1.165) is 0 Å². The first-order valence-corrected chi connectivity index (χ1v) is 5.50. The average molecular weight is 269 g/mol. The maximum atomic E-state index is 11.3. The normalized spacial score (nSPS) is 10.1. The number of aromatic hydroxyl groups is 1. The summed E-state index contributed by atoms with van der Waals surface area (Å²) in [4.78, 5) is 25.8. The summed E-state index contributed by atoms with van der Waals surface area (Å²) in [6, 6.07) is 1.42. The standard InChI is InChI=1S/C11H15N3O5/c1-6(2)18-7-3-4-13-10(9(7)16)19-11(17)14-8(15)5-12/h3-4,6,16H,5,12H2,1-2H3,(H,14,15,17). The molecule has 8 heteroatoms.